The lowest BCUT2D eigenvalue weighted by molar-refractivity contribution is 0.0599. The van der Waals surface area contributed by atoms with Crippen LogP contribution >= 0.6 is 15.9 Å². The number of carbonyl (C=O) groups is 1. The first kappa shape index (κ1) is 18.4. The Labute approximate surface area is 149 Å². The number of para-hydroxylation sites is 1. The number of hydrogen-bond donors (Lipinski definition) is 1. The van der Waals surface area contributed by atoms with E-state index in [4.69, 9.17) is 4.74 Å². The Morgan fingerprint density at radius 2 is 1.88 bits per heavy atom. The number of esters is 1. The van der Waals surface area contributed by atoms with E-state index >= 15 is 0 Å². The van der Waals surface area contributed by atoms with Crippen LogP contribution in [0.15, 0.2) is 51.8 Å². The normalized spacial score (nSPS) is 11.1. The van der Waals surface area contributed by atoms with Crippen molar-refractivity contribution >= 4 is 31.9 Å². The summed E-state index contributed by atoms with van der Waals surface area (Å²) in [6.45, 7) is 0.0654. The molecular formula is C16H16BrNO5S. The summed E-state index contributed by atoms with van der Waals surface area (Å²) in [5.41, 5.74) is 0.839. The average Bonchev–Trinajstić information content (AvgIpc) is 2.59. The molecule has 2 aromatic rings. The van der Waals surface area contributed by atoms with Crippen LogP contribution in [0.4, 0.5) is 0 Å². The maximum Gasteiger partial charge on any atom is 0.339 e. The van der Waals surface area contributed by atoms with Crippen LogP contribution in [0.5, 0.6) is 5.75 Å². The van der Waals surface area contributed by atoms with Gasteiger partial charge in [-0.3, -0.25) is 0 Å². The summed E-state index contributed by atoms with van der Waals surface area (Å²) in [7, 11) is -1.05. The monoisotopic (exact) mass is 413 g/mol. The van der Waals surface area contributed by atoms with Crippen molar-refractivity contribution in [2.75, 3.05) is 14.2 Å². The maximum absolute atomic E-state index is 12.5. The van der Waals surface area contributed by atoms with Crippen LogP contribution in [0, 0.1) is 0 Å². The molecule has 6 nitrogen and oxygen atoms in total. The summed E-state index contributed by atoms with van der Waals surface area (Å²) in [4.78, 5) is 11.7. The first-order chi connectivity index (χ1) is 11.4. The van der Waals surface area contributed by atoms with Gasteiger partial charge in [0.2, 0.25) is 10.0 Å². The zero-order chi connectivity index (χ0) is 17.7. The van der Waals surface area contributed by atoms with Gasteiger partial charge in [0.25, 0.3) is 0 Å². The summed E-state index contributed by atoms with van der Waals surface area (Å²) < 4.78 is 37.7. The minimum atomic E-state index is -3.80. The summed E-state index contributed by atoms with van der Waals surface area (Å²) >= 11 is 3.20. The van der Waals surface area contributed by atoms with Gasteiger partial charge in [-0.2, -0.15) is 0 Å². The van der Waals surface area contributed by atoms with Gasteiger partial charge in [0.15, 0.2) is 0 Å². The lowest BCUT2D eigenvalue weighted by Crippen LogP contribution is -2.24. The fourth-order valence-electron chi connectivity index (χ4n) is 2.04. The van der Waals surface area contributed by atoms with Crippen LogP contribution in [0.3, 0.4) is 0 Å². The van der Waals surface area contributed by atoms with Crippen molar-refractivity contribution in [1.82, 2.24) is 4.72 Å². The molecule has 0 aliphatic heterocycles. The minimum Gasteiger partial charge on any atom is -0.496 e. The first-order valence-corrected chi connectivity index (χ1v) is 9.16. The van der Waals surface area contributed by atoms with Crippen LogP contribution in [0.1, 0.15) is 15.9 Å². The average molecular weight is 414 g/mol. The molecule has 0 spiro atoms. The molecule has 24 heavy (non-hydrogen) atoms. The number of methoxy groups -OCH3 is 2. The molecule has 1 N–H and O–H groups in total. The van der Waals surface area contributed by atoms with Gasteiger partial charge in [0.05, 0.1) is 24.7 Å². The summed E-state index contributed by atoms with van der Waals surface area (Å²) in [5.74, 6) is -0.0325. The number of benzene rings is 2. The molecule has 0 aliphatic carbocycles. The fraction of sp³-hybridized carbons (Fsp3) is 0.188. The second-order valence-electron chi connectivity index (χ2n) is 4.77. The molecule has 0 saturated carbocycles. The van der Waals surface area contributed by atoms with Crippen molar-refractivity contribution in [3.63, 3.8) is 0 Å². The van der Waals surface area contributed by atoms with Gasteiger partial charge >= 0.3 is 5.97 Å². The molecule has 0 heterocycles. The van der Waals surface area contributed by atoms with E-state index in [1.807, 2.05) is 0 Å². The van der Waals surface area contributed by atoms with Gasteiger partial charge < -0.3 is 9.47 Å². The number of carbonyl (C=O) groups excluding carboxylic acids is 1. The quantitative estimate of drug-likeness (QED) is 0.736. The second kappa shape index (κ2) is 7.78. The van der Waals surface area contributed by atoms with Crippen molar-refractivity contribution in [1.29, 1.82) is 0 Å². The molecule has 0 saturated heterocycles. The maximum atomic E-state index is 12.5. The highest BCUT2D eigenvalue weighted by molar-refractivity contribution is 9.10. The van der Waals surface area contributed by atoms with Gasteiger partial charge in [-0.25, -0.2) is 17.9 Å². The molecule has 0 radical (unpaired) electrons. The summed E-state index contributed by atoms with van der Waals surface area (Å²) in [6, 6.07) is 11.3. The highest BCUT2D eigenvalue weighted by Crippen LogP contribution is 2.23. The van der Waals surface area contributed by atoms with E-state index in [-0.39, 0.29) is 17.0 Å². The number of sulfonamides is 1. The molecule has 2 aromatic carbocycles. The molecule has 0 aliphatic rings. The third kappa shape index (κ3) is 4.14. The van der Waals surface area contributed by atoms with Gasteiger partial charge in [-0.1, -0.05) is 18.2 Å². The van der Waals surface area contributed by atoms with Crippen LogP contribution in [0.2, 0.25) is 0 Å². The van der Waals surface area contributed by atoms with Gasteiger partial charge in [0.1, 0.15) is 5.75 Å². The van der Waals surface area contributed by atoms with E-state index in [1.54, 1.807) is 24.3 Å². The van der Waals surface area contributed by atoms with Gasteiger partial charge in [0, 0.05) is 16.6 Å². The predicted molar refractivity (Wildman–Crippen MR) is 92.5 cm³/mol. The van der Waals surface area contributed by atoms with E-state index in [0.717, 1.165) is 0 Å². The van der Waals surface area contributed by atoms with Crippen molar-refractivity contribution in [2.45, 2.75) is 11.4 Å². The van der Waals surface area contributed by atoms with E-state index in [1.165, 1.54) is 32.4 Å². The van der Waals surface area contributed by atoms with Crippen LogP contribution < -0.4 is 9.46 Å². The highest BCUT2D eigenvalue weighted by atomic mass is 79.9. The Balaban J connectivity index is 2.26. The molecule has 8 heteroatoms. The minimum absolute atomic E-state index is 0.0269. The Morgan fingerprint density at radius 1 is 1.17 bits per heavy atom. The van der Waals surface area contributed by atoms with Crippen LogP contribution in [-0.4, -0.2) is 28.6 Å². The van der Waals surface area contributed by atoms with E-state index < -0.39 is 16.0 Å². The van der Waals surface area contributed by atoms with Crippen LogP contribution in [-0.2, 0) is 21.3 Å². The SMILES string of the molecule is COC(=O)c1cc(S(=O)(=O)NCc2ccccc2OC)ccc1Br. The molecule has 0 unspecified atom stereocenters. The zero-order valence-corrected chi connectivity index (χ0v) is 15.5. The Kier molecular flexibility index (Phi) is 5.98. The Bertz CT molecular complexity index is 851. The van der Waals surface area contributed by atoms with Crippen molar-refractivity contribution < 1.29 is 22.7 Å². The first-order valence-electron chi connectivity index (χ1n) is 6.88. The van der Waals surface area contributed by atoms with Crippen LogP contribution in [0.25, 0.3) is 0 Å². The topological polar surface area (TPSA) is 81.7 Å². The van der Waals surface area contributed by atoms with E-state index in [0.29, 0.717) is 15.8 Å². The van der Waals surface area contributed by atoms with Gasteiger partial charge in [-0.15, -0.1) is 0 Å². The fourth-order valence-corrected chi connectivity index (χ4v) is 3.48. The third-order valence-corrected chi connectivity index (χ3v) is 5.39. The molecule has 0 bridgehead atoms. The highest BCUT2D eigenvalue weighted by Gasteiger charge is 2.19. The van der Waals surface area contributed by atoms with Crippen molar-refractivity contribution in [3.05, 3.63) is 58.1 Å². The number of halogens is 1. The van der Waals surface area contributed by atoms with Crippen molar-refractivity contribution in [2.24, 2.45) is 0 Å². The number of rotatable bonds is 6. The Morgan fingerprint density at radius 3 is 2.54 bits per heavy atom. The molecule has 0 fully saturated rings. The molecule has 128 valence electrons. The third-order valence-electron chi connectivity index (χ3n) is 3.30. The lowest BCUT2D eigenvalue weighted by atomic mass is 10.2. The smallest absolute Gasteiger partial charge is 0.339 e. The summed E-state index contributed by atoms with van der Waals surface area (Å²) in [6.07, 6.45) is 0. The zero-order valence-electron chi connectivity index (χ0n) is 13.1. The Hall–Kier alpha value is -1.90. The predicted octanol–water partition coefficient (Wildman–Crippen LogP) is 2.72. The number of ether oxygens (including phenoxy) is 2. The molecule has 0 aromatic heterocycles. The standard InChI is InChI=1S/C16H16BrNO5S/c1-22-15-6-4-3-5-11(15)10-18-24(20,21)12-7-8-14(17)13(9-12)16(19)23-2/h3-9,18H,10H2,1-2H3. The number of nitrogens with one attached hydrogen (secondary N) is 1. The second-order valence-corrected chi connectivity index (χ2v) is 7.39. The number of hydrogen-bond acceptors (Lipinski definition) is 5. The molecule has 0 atom stereocenters. The van der Waals surface area contributed by atoms with Gasteiger partial charge in [-0.05, 0) is 40.2 Å². The van der Waals surface area contributed by atoms with E-state index in [9.17, 15) is 13.2 Å². The largest absolute Gasteiger partial charge is 0.496 e. The molecular weight excluding hydrogens is 398 g/mol. The molecule has 2 rings (SSSR count). The lowest BCUT2D eigenvalue weighted by Gasteiger charge is -2.11. The molecule has 0 amide bonds. The summed E-state index contributed by atoms with van der Waals surface area (Å²) in [5, 5.41) is 0. The van der Waals surface area contributed by atoms with Crippen molar-refractivity contribution in [3.8, 4) is 5.75 Å². The van der Waals surface area contributed by atoms with E-state index in [2.05, 4.69) is 25.4 Å².